The Morgan fingerprint density at radius 1 is 0.324 bits per heavy atom. The molecule has 0 heterocycles. The van der Waals surface area contributed by atoms with Gasteiger partial charge in [0.1, 0.15) is 6.61 Å². The molecule has 0 aliphatic rings. The molecule has 0 aliphatic carbocycles. The Labute approximate surface area is 425 Å². The zero-order valence-electron chi connectivity index (χ0n) is 46.1. The van der Waals surface area contributed by atoms with Gasteiger partial charge in [-0.15, -0.1) is 0 Å². The first-order valence-electron chi connectivity index (χ1n) is 30.5. The first kappa shape index (κ1) is 66.1. The van der Waals surface area contributed by atoms with Gasteiger partial charge in [-0.25, -0.2) is 0 Å². The third kappa shape index (κ3) is 56.7. The standard InChI is InChI=1S/C63H118O5/c1-4-7-10-13-16-19-22-25-28-30-32-34-36-38-41-44-47-50-53-56-62(64)67-60-61(59-66-58-55-52-49-46-43-40-27-24-21-18-15-12-9-6-3)68-63(65)57-54-51-48-45-42-39-37-35-33-31-29-26-23-20-17-14-11-8-5-2/h12,15,21,24-25,28,61H,4-11,13-14,16-20,22-23,26-27,29-60H2,1-3H3/b15-12-,24-21-,28-25-. The Balaban J connectivity index is 4.21. The fourth-order valence-corrected chi connectivity index (χ4v) is 9.08. The van der Waals surface area contributed by atoms with Crippen LogP contribution in [0.2, 0.25) is 0 Å². The smallest absolute Gasteiger partial charge is 0.306 e. The molecule has 0 radical (unpaired) electrons. The van der Waals surface area contributed by atoms with E-state index in [4.69, 9.17) is 14.2 Å². The van der Waals surface area contributed by atoms with Gasteiger partial charge >= 0.3 is 11.9 Å². The van der Waals surface area contributed by atoms with Crippen molar-refractivity contribution in [1.82, 2.24) is 0 Å². The maximum atomic E-state index is 12.9. The quantitative estimate of drug-likeness (QED) is 0.0345. The van der Waals surface area contributed by atoms with Crippen LogP contribution >= 0.6 is 0 Å². The lowest BCUT2D eigenvalue weighted by Gasteiger charge is -2.18. The second kappa shape index (κ2) is 59.4. The van der Waals surface area contributed by atoms with E-state index in [1.807, 2.05) is 0 Å². The SMILES string of the molecule is CCC/C=C\C/C=C\CCCCCCCCOCC(COC(=O)CCCCCCCCCCC/C=C\CCCCCCCC)OC(=O)CCCCCCCCCCCCCCCCCCCCC. The van der Waals surface area contributed by atoms with Crippen molar-refractivity contribution in [2.75, 3.05) is 19.8 Å². The molecule has 5 nitrogen and oxygen atoms in total. The van der Waals surface area contributed by atoms with Crippen LogP contribution in [-0.2, 0) is 23.8 Å². The van der Waals surface area contributed by atoms with Gasteiger partial charge in [0.2, 0.25) is 0 Å². The molecule has 5 heteroatoms. The molecular formula is C63H118O5. The van der Waals surface area contributed by atoms with E-state index in [0.29, 0.717) is 19.4 Å². The summed E-state index contributed by atoms with van der Waals surface area (Å²) < 4.78 is 17.5. The molecule has 0 saturated heterocycles. The molecule has 0 fully saturated rings. The Morgan fingerprint density at radius 3 is 1.04 bits per heavy atom. The largest absolute Gasteiger partial charge is 0.462 e. The van der Waals surface area contributed by atoms with Gasteiger partial charge in [0.05, 0.1) is 6.61 Å². The first-order valence-corrected chi connectivity index (χ1v) is 30.5. The van der Waals surface area contributed by atoms with Crippen molar-refractivity contribution >= 4 is 11.9 Å². The molecule has 400 valence electrons. The zero-order valence-corrected chi connectivity index (χ0v) is 46.1. The predicted octanol–water partition coefficient (Wildman–Crippen LogP) is 20.9. The molecular weight excluding hydrogens is 837 g/mol. The monoisotopic (exact) mass is 955 g/mol. The lowest BCUT2D eigenvalue weighted by atomic mass is 10.0. The van der Waals surface area contributed by atoms with Gasteiger partial charge in [-0.3, -0.25) is 9.59 Å². The summed E-state index contributed by atoms with van der Waals surface area (Å²) >= 11 is 0. The Kier molecular flexibility index (Phi) is 57.8. The Morgan fingerprint density at radius 2 is 0.647 bits per heavy atom. The van der Waals surface area contributed by atoms with Gasteiger partial charge in [-0.05, 0) is 70.6 Å². The number of unbranched alkanes of at least 4 members (excludes halogenated alkanes) is 40. The molecule has 68 heavy (non-hydrogen) atoms. The fourth-order valence-electron chi connectivity index (χ4n) is 9.08. The van der Waals surface area contributed by atoms with Crippen LogP contribution in [0, 0.1) is 0 Å². The minimum Gasteiger partial charge on any atom is -0.462 e. The van der Waals surface area contributed by atoms with Crippen molar-refractivity contribution in [3.8, 4) is 0 Å². The van der Waals surface area contributed by atoms with Gasteiger partial charge in [0.25, 0.3) is 0 Å². The Bertz CT molecular complexity index is 1080. The van der Waals surface area contributed by atoms with E-state index in [1.165, 1.54) is 250 Å². The fraction of sp³-hybridized carbons (Fsp3) is 0.873. The molecule has 0 aromatic heterocycles. The number of rotatable bonds is 57. The van der Waals surface area contributed by atoms with Crippen LogP contribution in [0.15, 0.2) is 36.5 Å². The van der Waals surface area contributed by atoms with E-state index in [9.17, 15) is 9.59 Å². The summed E-state index contributed by atoms with van der Waals surface area (Å²) in [5, 5.41) is 0. The van der Waals surface area contributed by atoms with Gasteiger partial charge in [0.15, 0.2) is 6.10 Å². The van der Waals surface area contributed by atoms with Crippen LogP contribution in [-0.4, -0.2) is 37.9 Å². The molecule has 1 unspecified atom stereocenters. The second-order valence-electron chi connectivity index (χ2n) is 20.6. The molecule has 0 N–H and O–H groups in total. The molecule has 0 aromatic rings. The predicted molar refractivity (Wildman–Crippen MR) is 298 cm³/mol. The van der Waals surface area contributed by atoms with Gasteiger partial charge in [-0.2, -0.15) is 0 Å². The molecule has 0 spiro atoms. The third-order valence-electron chi connectivity index (χ3n) is 13.6. The lowest BCUT2D eigenvalue weighted by Crippen LogP contribution is -2.30. The zero-order chi connectivity index (χ0) is 49.2. The van der Waals surface area contributed by atoms with Crippen molar-refractivity contribution in [1.29, 1.82) is 0 Å². The number of carbonyl (C=O) groups excluding carboxylic acids is 2. The topological polar surface area (TPSA) is 61.8 Å². The van der Waals surface area contributed by atoms with Crippen LogP contribution in [0.3, 0.4) is 0 Å². The van der Waals surface area contributed by atoms with Crippen molar-refractivity contribution in [3.63, 3.8) is 0 Å². The van der Waals surface area contributed by atoms with Crippen LogP contribution in [0.1, 0.15) is 329 Å². The minimum atomic E-state index is -0.539. The molecule has 0 bridgehead atoms. The molecule has 0 saturated carbocycles. The summed E-state index contributed by atoms with van der Waals surface area (Å²) in [5.41, 5.74) is 0. The molecule has 0 aliphatic heterocycles. The van der Waals surface area contributed by atoms with Crippen LogP contribution in [0.4, 0.5) is 0 Å². The number of hydrogen-bond acceptors (Lipinski definition) is 5. The van der Waals surface area contributed by atoms with Crippen molar-refractivity contribution in [2.45, 2.75) is 335 Å². The lowest BCUT2D eigenvalue weighted by molar-refractivity contribution is -0.163. The van der Waals surface area contributed by atoms with Crippen molar-refractivity contribution in [2.24, 2.45) is 0 Å². The number of esters is 2. The Hall–Kier alpha value is -1.88. The maximum absolute atomic E-state index is 12.9. The van der Waals surface area contributed by atoms with E-state index < -0.39 is 6.10 Å². The van der Waals surface area contributed by atoms with Crippen LogP contribution in [0.5, 0.6) is 0 Å². The molecule has 0 aromatic carbocycles. The van der Waals surface area contributed by atoms with Crippen LogP contribution in [0.25, 0.3) is 0 Å². The number of ether oxygens (including phenoxy) is 3. The normalized spacial score (nSPS) is 12.3. The highest BCUT2D eigenvalue weighted by molar-refractivity contribution is 5.70. The maximum Gasteiger partial charge on any atom is 0.306 e. The summed E-state index contributed by atoms with van der Waals surface area (Å²) in [5.74, 6) is -0.384. The highest BCUT2D eigenvalue weighted by Crippen LogP contribution is 2.17. The average Bonchev–Trinajstić information content (AvgIpc) is 3.34. The van der Waals surface area contributed by atoms with Gasteiger partial charge in [-0.1, -0.05) is 282 Å². The summed E-state index contributed by atoms with van der Waals surface area (Å²) in [4.78, 5) is 25.6. The van der Waals surface area contributed by atoms with E-state index in [0.717, 1.165) is 44.9 Å². The van der Waals surface area contributed by atoms with Crippen molar-refractivity contribution in [3.05, 3.63) is 36.5 Å². The minimum absolute atomic E-state index is 0.0855. The van der Waals surface area contributed by atoms with E-state index >= 15 is 0 Å². The second-order valence-corrected chi connectivity index (χ2v) is 20.6. The summed E-state index contributed by atoms with van der Waals surface area (Å²) in [7, 11) is 0. The van der Waals surface area contributed by atoms with E-state index in [1.54, 1.807) is 0 Å². The van der Waals surface area contributed by atoms with E-state index in [2.05, 4.69) is 57.2 Å². The molecule has 0 amide bonds. The van der Waals surface area contributed by atoms with Crippen molar-refractivity contribution < 1.29 is 23.8 Å². The first-order chi connectivity index (χ1) is 33.6. The highest BCUT2D eigenvalue weighted by atomic mass is 16.6. The number of carbonyl (C=O) groups is 2. The number of hydrogen-bond donors (Lipinski definition) is 0. The molecule has 1 atom stereocenters. The highest BCUT2D eigenvalue weighted by Gasteiger charge is 2.17. The average molecular weight is 956 g/mol. The number of allylic oxidation sites excluding steroid dienone is 6. The summed E-state index contributed by atoms with van der Waals surface area (Å²) in [6.45, 7) is 7.81. The van der Waals surface area contributed by atoms with Gasteiger partial charge < -0.3 is 14.2 Å². The summed E-state index contributed by atoms with van der Waals surface area (Å²) in [6, 6.07) is 0. The third-order valence-corrected chi connectivity index (χ3v) is 13.6. The van der Waals surface area contributed by atoms with E-state index in [-0.39, 0.29) is 25.2 Å². The summed E-state index contributed by atoms with van der Waals surface area (Å²) in [6.07, 6.45) is 73.2. The van der Waals surface area contributed by atoms with Gasteiger partial charge in [0, 0.05) is 19.4 Å². The molecule has 0 rings (SSSR count). The van der Waals surface area contributed by atoms with Crippen LogP contribution < -0.4 is 0 Å².